The Hall–Kier alpha value is -3.35. The molecule has 3 aromatic rings. The zero-order valence-corrected chi connectivity index (χ0v) is 14.4. The molecule has 0 radical (unpaired) electrons. The normalized spacial score (nSPS) is 16.7. The number of allylic oxidation sites excluding steroid dienone is 2. The fourth-order valence-corrected chi connectivity index (χ4v) is 2.97. The van der Waals surface area contributed by atoms with Gasteiger partial charge >= 0.3 is 0 Å². The number of nitrogens with zero attached hydrogens (tertiary/aromatic N) is 6. The number of benzene rings is 1. The molecule has 0 spiro atoms. The van der Waals surface area contributed by atoms with Crippen LogP contribution in [0.1, 0.15) is 18.5 Å². The van der Waals surface area contributed by atoms with Gasteiger partial charge in [0.1, 0.15) is 11.5 Å². The molecular formula is C19H17FN6. The number of hydrogen-bond acceptors (Lipinski definition) is 5. The number of pyridine rings is 1. The van der Waals surface area contributed by atoms with Crippen LogP contribution in [0.2, 0.25) is 0 Å². The first-order valence-electron chi connectivity index (χ1n) is 8.21. The number of halogens is 1. The standard InChI is InChI=1S/C19H17FN6/c1-13-6-7-18(25(2)12-13)14-9-15(20)11-16(10-14)26-23-19(22-24-26)17-5-3-4-8-21-17/h3-12,18H,1-2H3. The molecule has 0 saturated carbocycles. The fraction of sp³-hybridized carbons (Fsp3) is 0.158. The van der Waals surface area contributed by atoms with Crippen molar-refractivity contribution in [3.8, 4) is 17.2 Å². The lowest BCUT2D eigenvalue weighted by molar-refractivity contribution is 0.385. The van der Waals surface area contributed by atoms with Crippen molar-refractivity contribution in [3.63, 3.8) is 0 Å². The van der Waals surface area contributed by atoms with Crippen molar-refractivity contribution in [1.82, 2.24) is 30.1 Å². The van der Waals surface area contributed by atoms with E-state index >= 15 is 0 Å². The third-order valence-electron chi connectivity index (χ3n) is 4.17. The van der Waals surface area contributed by atoms with Gasteiger partial charge in [0.25, 0.3) is 0 Å². The Balaban J connectivity index is 1.69. The van der Waals surface area contributed by atoms with E-state index in [9.17, 15) is 4.39 Å². The van der Waals surface area contributed by atoms with Crippen LogP contribution < -0.4 is 0 Å². The van der Waals surface area contributed by atoms with E-state index in [4.69, 9.17) is 0 Å². The highest BCUT2D eigenvalue weighted by Crippen LogP contribution is 2.28. The number of rotatable bonds is 3. The summed E-state index contributed by atoms with van der Waals surface area (Å²) in [4.78, 5) is 7.57. The molecule has 1 unspecified atom stereocenters. The highest BCUT2D eigenvalue weighted by molar-refractivity contribution is 5.47. The van der Waals surface area contributed by atoms with Crippen molar-refractivity contribution < 1.29 is 4.39 Å². The van der Waals surface area contributed by atoms with Gasteiger partial charge in [0.2, 0.25) is 5.82 Å². The smallest absolute Gasteiger partial charge is 0.223 e. The summed E-state index contributed by atoms with van der Waals surface area (Å²) < 4.78 is 14.2. The number of likely N-dealkylation sites (N-methyl/N-ethyl adjacent to an activating group) is 1. The molecule has 1 aliphatic heterocycles. The lowest BCUT2D eigenvalue weighted by Crippen LogP contribution is -2.20. The summed E-state index contributed by atoms with van der Waals surface area (Å²) in [5.41, 5.74) is 3.10. The summed E-state index contributed by atoms with van der Waals surface area (Å²) in [5.74, 6) is 0.0481. The Morgan fingerprint density at radius 3 is 2.81 bits per heavy atom. The van der Waals surface area contributed by atoms with Crippen molar-refractivity contribution in [3.05, 3.63) is 77.9 Å². The predicted octanol–water partition coefficient (Wildman–Crippen LogP) is 3.31. The fourth-order valence-electron chi connectivity index (χ4n) is 2.97. The Morgan fingerprint density at radius 1 is 1.15 bits per heavy atom. The third kappa shape index (κ3) is 3.11. The molecule has 4 rings (SSSR count). The molecule has 6 nitrogen and oxygen atoms in total. The minimum atomic E-state index is -0.345. The van der Waals surface area contributed by atoms with E-state index in [0.717, 1.165) is 11.1 Å². The number of tetrazole rings is 1. The maximum absolute atomic E-state index is 14.2. The van der Waals surface area contributed by atoms with E-state index < -0.39 is 0 Å². The summed E-state index contributed by atoms with van der Waals surface area (Å²) in [6.07, 6.45) is 7.77. The Labute approximate surface area is 150 Å². The highest BCUT2D eigenvalue weighted by Gasteiger charge is 2.18. The first-order valence-corrected chi connectivity index (χ1v) is 8.21. The van der Waals surface area contributed by atoms with Crippen molar-refractivity contribution in [2.24, 2.45) is 0 Å². The third-order valence-corrected chi connectivity index (χ3v) is 4.17. The Morgan fingerprint density at radius 2 is 2.04 bits per heavy atom. The molecule has 3 heterocycles. The summed E-state index contributed by atoms with van der Waals surface area (Å²) in [5, 5.41) is 12.4. The largest absolute Gasteiger partial charge is 0.370 e. The number of hydrogen-bond donors (Lipinski definition) is 0. The molecule has 0 bridgehead atoms. The zero-order valence-electron chi connectivity index (χ0n) is 14.4. The van der Waals surface area contributed by atoms with Gasteiger partial charge in [0, 0.05) is 25.5 Å². The summed E-state index contributed by atoms with van der Waals surface area (Å²) in [6.45, 7) is 2.03. The maximum atomic E-state index is 14.2. The summed E-state index contributed by atoms with van der Waals surface area (Å²) in [7, 11) is 1.97. The van der Waals surface area contributed by atoms with E-state index in [1.54, 1.807) is 12.3 Å². The molecule has 0 aliphatic carbocycles. The molecule has 2 aromatic heterocycles. The van der Waals surface area contributed by atoms with Crippen LogP contribution in [0.3, 0.4) is 0 Å². The van der Waals surface area contributed by atoms with Gasteiger partial charge in [-0.05, 0) is 47.5 Å². The van der Waals surface area contributed by atoms with Gasteiger partial charge in [0.05, 0.1) is 11.7 Å². The van der Waals surface area contributed by atoms with E-state index in [-0.39, 0.29) is 11.9 Å². The van der Waals surface area contributed by atoms with Crippen LogP contribution in [0.4, 0.5) is 4.39 Å². The second-order valence-electron chi connectivity index (χ2n) is 6.20. The quantitative estimate of drug-likeness (QED) is 0.727. The van der Waals surface area contributed by atoms with Crippen LogP contribution in [0, 0.1) is 5.82 Å². The second kappa shape index (κ2) is 6.51. The van der Waals surface area contributed by atoms with E-state index in [1.807, 2.05) is 55.4 Å². The summed E-state index contributed by atoms with van der Waals surface area (Å²) >= 11 is 0. The first-order chi connectivity index (χ1) is 12.6. The maximum Gasteiger partial charge on any atom is 0.223 e. The van der Waals surface area contributed by atoms with Gasteiger partial charge < -0.3 is 4.90 Å². The molecule has 1 aliphatic rings. The summed E-state index contributed by atoms with van der Waals surface area (Å²) in [6, 6.07) is 10.2. The molecule has 0 saturated heterocycles. The monoisotopic (exact) mass is 348 g/mol. The average molecular weight is 348 g/mol. The van der Waals surface area contributed by atoms with Gasteiger partial charge in [0.15, 0.2) is 0 Å². The van der Waals surface area contributed by atoms with E-state index in [2.05, 4.69) is 20.4 Å². The van der Waals surface area contributed by atoms with Crippen molar-refractivity contribution >= 4 is 0 Å². The zero-order chi connectivity index (χ0) is 18.1. The van der Waals surface area contributed by atoms with Crippen LogP contribution in [0.25, 0.3) is 17.2 Å². The van der Waals surface area contributed by atoms with Crippen LogP contribution >= 0.6 is 0 Å². The topological polar surface area (TPSA) is 59.7 Å². The Bertz CT molecular complexity index is 992. The molecule has 0 amide bonds. The lowest BCUT2D eigenvalue weighted by atomic mass is 10.0. The minimum absolute atomic E-state index is 0.0491. The molecule has 1 aromatic carbocycles. The van der Waals surface area contributed by atoms with E-state index in [1.165, 1.54) is 16.9 Å². The molecule has 130 valence electrons. The van der Waals surface area contributed by atoms with Gasteiger partial charge in [-0.3, -0.25) is 4.98 Å². The second-order valence-corrected chi connectivity index (χ2v) is 6.20. The molecule has 0 N–H and O–H groups in total. The van der Waals surface area contributed by atoms with Gasteiger partial charge in [-0.15, -0.1) is 15.0 Å². The Kier molecular flexibility index (Phi) is 4.04. The van der Waals surface area contributed by atoms with Crippen LogP contribution in [0.5, 0.6) is 0 Å². The van der Waals surface area contributed by atoms with E-state index in [0.29, 0.717) is 17.2 Å². The first kappa shape index (κ1) is 16.1. The minimum Gasteiger partial charge on any atom is -0.370 e. The van der Waals surface area contributed by atoms with Crippen molar-refractivity contribution in [2.45, 2.75) is 13.0 Å². The van der Waals surface area contributed by atoms with Crippen molar-refractivity contribution in [2.75, 3.05) is 7.05 Å². The molecule has 26 heavy (non-hydrogen) atoms. The highest BCUT2D eigenvalue weighted by atomic mass is 19.1. The average Bonchev–Trinajstić information content (AvgIpc) is 3.12. The lowest BCUT2D eigenvalue weighted by Gasteiger charge is -2.28. The molecule has 7 heteroatoms. The van der Waals surface area contributed by atoms with Gasteiger partial charge in [-0.1, -0.05) is 18.2 Å². The van der Waals surface area contributed by atoms with Crippen LogP contribution in [-0.4, -0.2) is 37.1 Å². The van der Waals surface area contributed by atoms with Crippen molar-refractivity contribution in [1.29, 1.82) is 0 Å². The van der Waals surface area contributed by atoms with Gasteiger partial charge in [-0.2, -0.15) is 0 Å². The molecule has 1 atom stereocenters. The predicted molar refractivity (Wildman–Crippen MR) is 95.7 cm³/mol. The van der Waals surface area contributed by atoms with Crippen LogP contribution in [-0.2, 0) is 0 Å². The van der Waals surface area contributed by atoms with Crippen LogP contribution in [0.15, 0.2) is 66.5 Å². The van der Waals surface area contributed by atoms with Gasteiger partial charge in [-0.25, -0.2) is 4.39 Å². The SMILES string of the molecule is CC1=CN(C)C(c2cc(F)cc(-n3nnc(-c4ccccn4)n3)c2)C=C1. The molecular weight excluding hydrogens is 331 g/mol. The molecule has 0 fully saturated rings. The number of aromatic nitrogens is 5.